The number of amides is 1. The van der Waals surface area contributed by atoms with E-state index >= 15 is 0 Å². The minimum Gasteiger partial charge on any atom is -0.497 e. The van der Waals surface area contributed by atoms with Crippen molar-refractivity contribution in [2.75, 3.05) is 17.3 Å². The summed E-state index contributed by atoms with van der Waals surface area (Å²) in [6.45, 7) is 0. The Bertz CT molecular complexity index is 1580. The molecule has 5 nitrogen and oxygen atoms in total. The molecule has 6 heteroatoms. The number of rotatable bonds is 4. The zero-order valence-corrected chi connectivity index (χ0v) is 22.2. The number of para-hydroxylation sites is 2. The summed E-state index contributed by atoms with van der Waals surface area (Å²) >= 11 is 6.14. The number of methoxy groups -OCH3 is 1. The fourth-order valence-electron chi connectivity index (χ4n) is 5.63. The lowest BCUT2D eigenvalue weighted by Crippen LogP contribution is -2.38. The smallest absolute Gasteiger partial charge is 0.259 e. The van der Waals surface area contributed by atoms with Crippen LogP contribution in [0.25, 0.3) is 0 Å². The molecule has 194 valence electrons. The Morgan fingerprint density at radius 1 is 0.872 bits per heavy atom. The summed E-state index contributed by atoms with van der Waals surface area (Å²) in [5, 5.41) is 4.24. The molecule has 0 aromatic heterocycles. The normalized spacial score (nSPS) is 18.5. The van der Waals surface area contributed by atoms with E-state index < -0.39 is 6.04 Å². The minimum atomic E-state index is -0.641. The molecule has 0 spiro atoms. The third-order valence-electron chi connectivity index (χ3n) is 7.48. The molecule has 39 heavy (non-hydrogen) atoms. The topological polar surface area (TPSA) is 58.6 Å². The number of benzene rings is 4. The molecule has 1 heterocycles. The molecule has 1 aliphatic heterocycles. The molecule has 2 aliphatic rings. The van der Waals surface area contributed by atoms with Gasteiger partial charge in [-0.25, -0.2) is 0 Å². The van der Waals surface area contributed by atoms with E-state index in [9.17, 15) is 9.59 Å². The van der Waals surface area contributed by atoms with Crippen molar-refractivity contribution in [3.63, 3.8) is 0 Å². The van der Waals surface area contributed by atoms with Gasteiger partial charge < -0.3 is 10.1 Å². The number of carbonyl (C=O) groups excluding carboxylic acids is 2. The first-order chi connectivity index (χ1) is 19.0. The number of ether oxygens (including phenoxy) is 1. The highest BCUT2D eigenvalue weighted by atomic mass is 35.5. The average Bonchev–Trinajstić information content (AvgIpc) is 3.12. The minimum absolute atomic E-state index is 0.00415. The number of nitrogens with zero attached hydrogens (tertiary/aromatic N) is 1. The summed E-state index contributed by atoms with van der Waals surface area (Å²) in [5.41, 5.74) is 5.35. The van der Waals surface area contributed by atoms with E-state index in [2.05, 4.69) is 5.32 Å². The van der Waals surface area contributed by atoms with Gasteiger partial charge in [0, 0.05) is 28.3 Å². The molecule has 4 aromatic carbocycles. The van der Waals surface area contributed by atoms with Gasteiger partial charge in [0.1, 0.15) is 5.75 Å². The van der Waals surface area contributed by atoms with E-state index in [4.69, 9.17) is 16.3 Å². The van der Waals surface area contributed by atoms with Crippen molar-refractivity contribution in [3.05, 3.63) is 136 Å². The standard InChI is InChI=1S/C33H27ClN2O3/c1-39-26-11-7-10-23(18-26)32-31-28(19-24(20-30(31)37)21-14-16-25(34)17-15-21)35-27-12-5-6-13-29(27)36(32)33(38)22-8-3-2-4-9-22/h2-18,24,32,35H,19-20H2,1H3. The molecule has 0 radical (unpaired) electrons. The molecular weight excluding hydrogens is 508 g/mol. The fourth-order valence-corrected chi connectivity index (χ4v) is 5.76. The maximum atomic E-state index is 14.3. The van der Waals surface area contributed by atoms with Gasteiger partial charge in [0.2, 0.25) is 0 Å². The number of hydrogen-bond acceptors (Lipinski definition) is 4. The molecule has 0 fully saturated rings. The zero-order valence-electron chi connectivity index (χ0n) is 21.4. The summed E-state index contributed by atoms with van der Waals surface area (Å²) in [4.78, 5) is 30.2. The Balaban J connectivity index is 1.56. The number of hydrogen-bond donors (Lipinski definition) is 1. The monoisotopic (exact) mass is 534 g/mol. The number of allylic oxidation sites excluding steroid dienone is 1. The van der Waals surface area contributed by atoms with Gasteiger partial charge in [-0.05, 0) is 72.0 Å². The third kappa shape index (κ3) is 4.70. The second-order valence-corrected chi connectivity index (χ2v) is 10.3. The molecule has 1 amide bonds. The highest BCUT2D eigenvalue weighted by Gasteiger charge is 2.42. The molecule has 1 aliphatic carbocycles. The Labute approximate surface area is 232 Å². The highest BCUT2D eigenvalue weighted by molar-refractivity contribution is 6.30. The summed E-state index contributed by atoms with van der Waals surface area (Å²) in [6, 6.07) is 31.6. The van der Waals surface area contributed by atoms with Gasteiger partial charge in [-0.2, -0.15) is 0 Å². The van der Waals surface area contributed by atoms with Gasteiger partial charge in [0.15, 0.2) is 5.78 Å². The first kappa shape index (κ1) is 25.0. The maximum absolute atomic E-state index is 14.3. The van der Waals surface area contributed by atoms with Crippen LogP contribution in [0.2, 0.25) is 5.02 Å². The zero-order chi connectivity index (χ0) is 26.9. The summed E-state index contributed by atoms with van der Waals surface area (Å²) < 4.78 is 5.54. The first-order valence-corrected chi connectivity index (χ1v) is 13.3. The van der Waals surface area contributed by atoms with Crippen molar-refractivity contribution < 1.29 is 14.3 Å². The Kier molecular flexibility index (Phi) is 6.67. The third-order valence-corrected chi connectivity index (χ3v) is 7.73. The van der Waals surface area contributed by atoms with Crippen molar-refractivity contribution in [2.45, 2.75) is 24.8 Å². The Morgan fingerprint density at radius 2 is 1.62 bits per heavy atom. The van der Waals surface area contributed by atoms with Crippen LogP contribution >= 0.6 is 11.6 Å². The van der Waals surface area contributed by atoms with Crippen molar-refractivity contribution >= 4 is 34.7 Å². The fraction of sp³-hybridized carbons (Fsp3) is 0.152. The number of fused-ring (bicyclic) bond motifs is 1. The van der Waals surface area contributed by atoms with Gasteiger partial charge in [0.25, 0.3) is 5.91 Å². The number of nitrogens with one attached hydrogen (secondary N) is 1. The van der Waals surface area contributed by atoms with Crippen LogP contribution < -0.4 is 15.0 Å². The van der Waals surface area contributed by atoms with E-state index in [1.165, 1.54) is 0 Å². The van der Waals surface area contributed by atoms with Gasteiger partial charge in [0.05, 0.1) is 24.5 Å². The predicted octanol–water partition coefficient (Wildman–Crippen LogP) is 7.56. The average molecular weight is 535 g/mol. The van der Waals surface area contributed by atoms with Crippen LogP contribution in [0.4, 0.5) is 11.4 Å². The summed E-state index contributed by atoms with van der Waals surface area (Å²) in [7, 11) is 1.61. The molecule has 4 aromatic rings. The van der Waals surface area contributed by atoms with Gasteiger partial charge in [-0.15, -0.1) is 0 Å². The molecule has 2 unspecified atom stereocenters. The molecule has 0 bridgehead atoms. The van der Waals surface area contributed by atoms with E-state index in [0.717, 1.165) is 22.5 Å². The molecule has 2 atom stereocenters. The quantitative estimate of drug-likeness (QED) is 0.293. The van der Waals surface area contributed by atoms with Crippen molar-refractivity contribution in [1.29, 1.82) is 0 Å². The molecule has 1 N–H and O–H groups in total. The molecule has 0 saturated heterocycles. The Hall–Kier alpha value is -4.35. The molecule has 0 saturated carbocycles. The second kappa shape index (κ2) is 10.4. The van der Waals surface area contributed by atoms with Crippen LogP contribution in [-0.4, -0.2) is 18.8 Å². The number of halogens is 1. The number of carbonyl (C=O) groups is 2. The van der Waals surface area contributed by atoms with Crippen LogP contribution in [0.5, 0.6) is 5.75 Å². The SMILES string of the molecule is COc1cccc(C2C3=C(CC(c4ccc(Cl)cc4)CC3=O)Nc3ccccc3N2C(=O)c2ccccc2)c1. The lowest BCUT2D eigenvalue weighted by atomic mass is 9.78. The first-order valence-electron chi connectivity index (χ1n) is 12.9. The Morgan fingerprint density at radius 3 is 2.38 bits per heavy atom. The predicted molar refractivity (Wildman–Crippen MR) is 155 cm³/mol. The second-order valence-electron chi connectivity index (χ2n) is 9.83. The highest BCUT2D eigenvalue weighted by Crippen LogP contribution is 2.48. The van der Waals surface area contributed by atoms with Crippen LogP contribution in [0.1, 0.15) is 46.3 Å². The van der Waals surface area contributed by atoms with Crippen molar-refractivity contribution in [3.8, 4) is 5.75 Å². The summed E-state index contributed by atoms with van der Waals surface area (Å²) in [5.74, 6) is 0.485. The number of ketones is 1. The maximum Gasteiger partial charge on any atom is 0.259 e. The van der Waals surface area contributed by atoms with Gasteiger partial charge >= 0.3 is 0 Å². The van der Waals surface area contributed by atoms with Crippen LogP contribution in [0, 0.1) is 0 Å². The number of Topliss-reactive ketones (excluding diaryl/α,β-unsaturated/α-hetero) is 1. The van der Waals surface area contributed by atoms with E-state index in [1.54, 1.807) is 24.1 Å². The van der Waals surface area contributed by atoms with Crippen LogP contribution in [-0.2, 0) is 4.79 Å². The lowest BCUT2D eigenvalue weighted by molar-refractivity contribution is -0.116. The van der Waals surface area contributed by atoms with Gasteiger partial charge in [-0.1, -0.05) is 66.2 Å². The lowest BCUT2D eigenvalue weighted by Gasteiger charge is -2.35. The van der Waals surface area contributed by atoms with E-state index in [1.807, 2.05) is 91.0 Å². The number of anilines is 2. The summed E-state index contributed by atoms with van der Waals surface area (Å²) in [6.07, 6.45) is 0.969. The molecule has 6 rings (SSSR count). The largest absolute Gasteiger partial charge is 0.497 e. The van der Waals surface area contributed by atoms with Crippen LogP contribution in [0.15, 0.2) is 114 Å². The van der Waals surface area contributed by atoms with Crippen molar-refractivity contribution in [2.24, 2.45) is 0 Å². The van der Waals surface area contributed by atoms with E-state index in [-0.39, 0.29) is 17.6 Å². The van der Waals surface area contributed by atoms with E-state index in [0.29, 0.717) is 40.4 Å². The molecular formula is C33H27ClN2O3. The van der Waals surface area contributed by atoms with Crippen LogP contribution in [0.3, 0.4) is 0 Å². The van der Waals surface area contributed by atoms with Crippen molar-refractivity contribution in [1.82, 2.24) is 0 Å². The van der Waals surface area contributed by atoms with Gasteiger partial charge in [-0.3, -0.25) is 14.5 Å².